The van der Waals surface area contributed by atoms with E-state index in [1.165, 1.54) is 12.1 Å². The maximum atomic E-state index is 13.1. The molecule has 0 bridgehead atoms. The predicted molar refractivity (Wildman–Crippen MR) is 69.4 cm³/mol. The fourth-order valence-corrected chi connectivity index (χ4v) is 2.16. The molecule has 0 aliphatic rings. The van der Waals surface area contributed by atoms with Gasteiger partial charge >= 0.3 is 0 Å². The van der Waals surface area contributed by atoms with E-state index in [4.69, 9.17) is 11.6 Å². The molecule has 3 rings (SSSR count). The lowest BCUT2D eigenvalue weighted by atomic mass is 10.1. The van der Waals surface area contributed by atoms with Crippen LogP contribution in [-0.2, 0) is 6.42 Å². The topological polar surface area (TPSA) is 17.3 Å². The van der Waals surface area contributed by atoms with E-state index >= 15 is 0 Å². The van der Waals surface area contributed by atoms with Crippen LogP contribution in [0, 0.1) is 5.82 Å². The molecule has 90 valence electrons. The van der Waals surface area contributed by atoms with Gasteiger partial charge in [0.05, 0.1) is 11.7 Å². The summed E-state index contributed by atoms with van der Waals surface area (Å²) >= 11 is 5.92. The monoisotopic (exact) mass is 260 g/mol. The molecule has 3 aromatic rings. The first-order valence-electron chi connectivity index (χ1n) is 5.58. The smallest absolute Gasteiger partial charge is 0.123 e. The van der Waals surface area contributed by atoms with E-state index < -0.39 is 0 Å². The van der Waals surface area contributed by atoms with Crippen molar-refractivity contribution in [1.82, 2.24) is 9.38 Å². The Hall–Kier alpha value is -1.87. The van der Waals surface area contributed by atoms with Crippen LogP contribution < -0.4 is 0 Å². The van der Waals surface area contributed by atoms with Crippen molar-refractivity contribution in [1.29, 1.82) is 0 Å². The summed E-state index contributed by atoms with van der Waals surface area (Å²) < 4.78 is 15.1. The van der Waals surface area contributed by atoms with Gasteiger partial charge in [0.1, 0.15) is 11.6 Å². The average Bonchev–Trinajstić information content (AvgIpc) is 2.72. The van der Waals surface area contributed by atoms with Gasteiger partial charge in [0, 0.05) is 17.6 Å². The molecule has 2 nitrogen and oxygen atoms in total. The Labute approximate surface area is 109 Å². The Morgan fingerprint density at radius 3 is 2.94 bits per heavy atom. The van der Waals surface area contributed by atoms with E-state index in [1.54, 1.807) is 12.3 Å². The fourth-order valence-electron chi connectivity index (χ4n) is 1.99. The predicted octanol–water partition coefficient (Wildman–Crippen LogP) is 3.72. The molecule has 0 fully saturated rings. The van der Waals surface area contributed by atoms with Gasteiger partial charge < -0.3 is 4.40 Å². The third kappa shape index (κ3) is 2.09. The van der Waals surface area contributed by atoms with Gasteiger partial charge in [-0.1, -0.05) is 23.7 Å². The number of imidazole rings is 1. The molecule has 0 atom stereocenters. The summed E-state index contributed by atoms with van der Waals surface area (Å²) in [6.07, 6.45) is 4.23. The van der Waals surface area contributed by atoms with Crippen LogP contribution in [0.3, 0.4) is 0 Å². The van der Waals surface area contributed by atoms with E-state index in [-0.39, 0.29) is 5.82 Å². The van der Waals surface area contributed by atoms with Gasteiger partial charge in [-0.3, -0.25) is 0 Å². The maximum absolute atomic E-state index is 13.1. The maximum Gasteiger partial charge on any atom is 0.123 e. The molecule has 2 aromatic heterocycles. The van der Waals surface area contributed by atoms with Gasteiger partial charge in [-0.2, -0.15) is 0 Å². The zero-order valence-corrected chi connectivity index (χ0v) is 10.2. The summed E-state index contributed by atoms with van der Waals surface area (Å²) in [7, 11) is 0. The number of fused-ring (bicyclic) bond motifs is 1. The molecule has 0 radical (unpaired) electrons. The number of halogens is 2. The van der Waals surface area contributed by atoms with Crippen molar-refractivity contribution in [3.8, 4) is 0 Å². The van der Waals surface area contributed by atoms with Crippen molar-refractivity contribution >= 4 is 17.1 Å². The quantitative estimate of drug-likeness (QED) is 0.686. The van der Waals surface area contributed by atoms with E-state index in [2.05, 4.69) is 4.98 Å². The average molecular weight is 261 g/mol. The van der Waals surface area contributed by atoms with Crippen LogP contribution in [0.5, 0.6) is 0 Å². The number of hydrogen-bond acceptors (Lipinski definition) is 1. The second kappa shape index (κ2) is 4.42. The molecular weight excluding hydrogens is 251 g/mol. The highest BCUT2D eigenvalue weighted by molar-refractivity contribution is 6.30. The number of nitrogens with zero attached hydrogens (tertiary/aromatic N) is 2. The van der Waals surface area contributed by atoms with Crippen LogP contribution in [0.15, 0.2) is 48.8 Å². The van der Waals surface area contributed by atoms with Crippen LogP contribution >= 0.6 is 11.6 Å². The lowest BCUT2D eigenvalue weighted by molar-refractivity contribution is 0.625. The van der Waals surface area contributed by atoms with Crippen molar-refractivity contribution in [2.45, 2.75) is 6.42 Å². The SMILES string of the molecule is Fc1cccc(Cc2ncc3cc(Cl)ccn23)c1. The molecular formula is C14H10ClFN2. The summed E-state index contributed by atoms with van der Waals surface area (Å²) in [4.78, 5) is 4.34. The zero-order valence-electron chi connectivity index (χ0n) is 9.48. The molecule has 2 heterocycles. The van der Waals surface area contributed by atoms with Crippen molar-refractivity contribution < 1.29 is 4.39 Å². The van der Waals surface area contributed by atoms with Gasteiger partial charge in [0.25, 0.3) is 0 Å². The molecule has 0 saturated carbocycles. The van der Waals surface area contributed by atoms with E-state index in [9.17, 15) is 4.39 Å². The number of pyridine rings is 1. The second-order valence-corrected chi connectivity index (χ2v) is 4.56. The first kappa shape index (κ1) is 11.2. The normalized spacial score (nSPS) is 11.0. The minimum atomic E-state index is -0.226. The number of benzene rings is 1. The molecule has 0 amide bonds. The van der Waals surface area contributed by atoms with Gasteiger partial charge in [-0.25, -0.2) is 9.37 Å². The summed E-state index contributed by atoms with van der Waals surface area (Å²) in [5.74, 6) is 0.642. The lowest BCUT2D eigenvalue weighted by Crippen LogP contribution is -1.96. The lowest BCUT2D eigenvalue weighted by Gasteiger charge is -2.02. The standard InChI is InChI=1S/C14H10ClFN2/c15-11-4-5-18-13(8-11)9-17-14(18)7-10-2-1-3-12(16)6-10/h1-6,8-9H,7H2. The molecule has 0 saturated heterocycles. The van der Waals surface area contributed by atoms with Gasteiger partial charge in [0.15, 0.2) is 0 Å². The van der Waals surface area contributed by atoms with Crippen molar-refractivity contribution in [2.75, 3.05) is 0 Å². The van der Waals surface area contributed by atoms with Crippen molar-refractivity contribution in [2.24, 2.45) is 0 Å². The van der Waals surface area contributed by atoms with Crippen LogP contribution in [-0.4, -0.2) is 9.38 Å². The van der Waals surface area contributed by atoms with Crippen molar-refractivity contribution in [3.63, 3.8) is 0 Å². The molecule has 0 N–H and O–H groups in total. The van der Waals surface area contributed by atoms with Crippen LogP contribution in [0.4, 0.5) is 4.39 Å². The first-order valence-corrected chi connectivity index (χ1v) is 5.96. The highest BCUT2D eigenvalue weighted by atomic mass is 35.5. The number of aromatic nitrogens is 2. The molecule has 0 unspecified atom stereocenters. The highest BCUT2D eigenvalue weighted by Crippen LogP contribution is 2.16. The Morgan fingerprint density at radius 1 is 1.22 bits per heavy atom. The van der Waals surface area contributed by atoms with E-state index in [0.717, 1.165) is 16.9 Å². The van der Waals surface area contributed by atoms with Gasteiger partial charge in [-0.15, -0.1) is 0 Å². The summed E-state index contributed by atoms with van der Waals surface area (Å²) in [6.45, 7) is 0. The van der Waals surface area contributed by atoms with E-state index in [0.29, 0.717) is 11.4 Å². The van der Waals surface area contributed by atoms with Gasteiger partial charge in [-0.05, 0) is 29.8 Å². The Bertz CT molecular complexity index is 706. The molecule has 0 spiro atoms. The summed E-state index contributed by atoms with van der Waals surface area (Å²) in [6, 6.07) is 10.2. The molecule has 1 aromatic carbocycles. The number of hydrogen-bond donors (Lipinski definition) is 0. The Morgan fingerprint density at radius 2 is 2.11 bits per heavy atom. The Balaban J connectivity index is 2.00. The minimum absolute atomic E-state index is 0.226. The molecule has 0 aliphatic heterocycles. The van der Waals surface area contributed by atoms with Crippen LogP contribution in [0.2, 0.25) is 5.02 Å². The van der Waals surface area contributed by atoms with E-state index in [1.807, 2.05) is 28.8 Å². The van der Waals surface area contributed by atoms with Crippen molar-refractivity contribution in [3.05, 3.63) is 71.0 Å². The molecule has 0 aliphatic carbocycles. The third-order valence-corrected chi connectivity index (χ3v) is 3.06. The molecule has 18 heavy (non-hydrogen) atoms. The Kier molecular flexibility index (Phi) is 2.76. The van der Waals surface area contributed by atoms with Crippen LogP contribution in [0.1, 0.15) is 11.4 Å². The highest BCUT2D eigenvalue weighted by Gasteiger charge is 2.05. The first-order chi connectivity index (χ1) is 8.72. The molecule has 4 heteroatoms. The minimum Gasteiger partial charge on any atom is -0.303 e. The largest absolute Gasteiger partial charge is 0.303 e. The zero-order chi connectivity index (χ0) is 12.5. The fraction of sp³-hybridized carbons (Fsp3) is 0.0714. The summed E-state index contributed by atoms with van der Waals surface area (Å²) in [5.41, 5.74) is 1.84. The van der Waals surface area contributed by atoms with Gasteiger partial charge in [0.2, 0.25) is 0 Å². The third-order valence-electron chi connectivity index (χ3n) is 2.82. The van der Waals surface area contributed by atoms with Crippen LogP contribution in [0.25, 0.3) is 5.52 Å². The second-order valence-electron chi connectivity index (χ2n) is 4.12. The number of rotatable bonds is 2. The summed E-state index contributed by atoms with van der Waals surface area (Å²) in [5, 5.41) is 0.680.